The second-order valence-electron chi connectivity index (χ2n) is 4.12. The lowest BCUT2D eigenvalue weighted by Gasteiger charge is -2.14. The molecule has 2 aromatic rings. The zero-order valence-electron chi connectivity index (χ0n) is 10.7. The third-order valence-electron chi connectivity index (χ3n) is 2.95. The summed E-state index contributed by atoms with van der Waals surface area (Å²) in [5.41, 5.74) is 1.83. The number of aliphatic hydroxyl groups is 1. The maximum atomic E-state index is 10.3. The number of rotatable bonds is 5. The van der Waals surface area contributed by atoms with Crippen molar-refractivity contribution in [3.05, 3.63) is 47.8 Å². The molecule has 1 unspecified atom stereocenters. The third kappa shape index (κ3) is 2.54. The zero-order valence-corrected chi connectivity index (χ0v) is 10.7. The van der Waals surface area contributed by atoms with Crippen LogP contribution in [0.3, 0.4) is 0 Å². The second-order valence-corrected chi connectivity index (χ2v) is 4.12. The van der Waals surface area contributed by atoms with Crippen LogP contribution in [0, 0.1) is 0 Å². The maximum Gasteiger partial charge on any atom is 0.162 e. The quantitative estimate of drug-likeness (QED) is 0.879. The minimum absolute atomic E-state index is 0.558. The fraction of sp³-hybridized carbons (Fsp3) is 0.357. The van der Waals surface area contributed by atoms with Crippen LogP contribution >= 0.6 is 0 Å². The number of aliphatic hydroxyl groups excluding tert-OH is 1. The van der Waals surface area contributed by atoms with Gasteiger partial charge in [-0.15, -0.1) is 0 Å². The maximum absolute atomic E-state index is 10.3. The predicted molar refractivity (Wildman–Crippen MR) is 69.6 cm³/mol. The fourth-order valence-corrected chi connectivity index (χ4v) is 2.06. The van der Waals surface area contributed by atoms with E-state index in [2.05, 4.69) is 5.10 Å². The summed E-state index contributed by atoms with van der Waals surface area (Å²) < 4.78 is 7.01. The molecule has 18 heavy (non-hydrogen) atoms. The van der Waals surface area contributed by atoms with E-state index in [1.54, 1.807) is 18.0 Å². The van der Waals surface area contributed by atoms with Crippen LogP contribution in [0.2, 0.25) is 0 Å². The topological polar surface area (TPSA) is 47.3 Å². The van der Waals surface area contributed by atoms with Crippen LogP contribution in [0.4, 0.5) is 0 Å². The molecule has 1 aromatic carbocycles. The Hall–Kier alpha value is -1.81. The first-order valence-corrected chi connectivity index (χ1v) is 6.08. The molecule has 96 valence electrons. The molecular weight excluding hydrogens is 228 g/mol. The third-order valence-corrected chi connectivity index (χ3v) is 2.95. The molecule has 0 saturated heterocycles. The molecule has 0 aliphatic rings. The molecule has 4 heteroatoms. The zero-order chi connectivity index (χ0) is 13.0. The predicted octanol–water partition coefficient (Wildman–Crippen LogP) is 2.19. The van der Waals surface area contributed by atoms with Crippen LogP contribution in [0.1, 0.15) is 24.3 Å². The first kappa shape index (κ1) is 12.6. The minimum Gasteiger partial charge on any atom is -0.493 e. The van der Waals surface area contributed by atoms with Gasteiger partial charge in [-0.25, -0.2) is 0 Å². The Morgan fingerprint density at radius 3 is 2.67 bits per heavy atom. The summed E-state index contributed by atoms with van der Waals surface area (Å²) >= 11 is 0. The van der Waals surface area contributed by atoms with Gasteiger partial charge in [-0.2, -0.15) is 5.10 Å². The Morgan fingerprint density at radius 2 is 2.06 bits per heavy atom. The highest BCUT2D eigenvalue weighted by Crippen LogP contribution is 2.27. The van der Waals surface area contributed by atoms with Crippen LogP contribution in [-0.2, 0) is 13.0 Å². The van der Waals surface area contributed by atoms with Gasteiger partial charge in [0.05, 0.1) is 13.3 Å². The average Bonchev–Trinajstić information content (AvgIpc) is 2.82. The number of benzene rings is 1. The van der Waals surface area contributed by atoms with E-state index in [-0.39, 0.29) is 0 Å². The highest BCUT2D eigenvalue weighted by atomic mass is 16.5. The van der Waals surface area contributed by atoms with Crippen LogP contribution in [0.25, 0.3) is 0 Å². The SMILES string of the molecule is CCn1ncc(OC)c1C(O)Cc1ccccc1. The largest absolute Gasteiger partial charge is 0.493 e. The Kier molecular flexibility index (Phi) is 3.99. The summed E-state index contributed by atoms with van der Waals surface area (Å²) in [7, 11) is 1.59. The molecule has 0 aliphatic carbocycles. The average molecular weight is 246 g/mol. The molecule has 0 spiro atoms. The number of aromatic nitrogens is 2. The lowest BCUT2D eigenvalue weighted by Crippen LogP contribution is -2.11. The normalized spacial score (nSPS) is 12.4. The molecule has 0 amide bonds. The smallest absolute Gasteiger partial charge is 0.162 e. The first-order chi connectivity index (χ1) is 8.76. The molecule has 0 fully saturated rings. The first-order valence-electron chi connectivity index (χ1n) is 6.08. The van der Waals surface area contributed by atoms with Gasteiger partial charge in [-0.3, -0.25) is 4.68 Å². The summed E-state index contributed by atoms with van der Waals surface area (Å²) in [5.74, 6) is 0.639. The van der Waals surface area contributed by atoms with Gasteiger partial charge in [-0.05, 0) is 12.5 Å². The van der Waals surface area contributed by atoms with E-state index in [4.69, 9.17) is 4.74 Å². The van der Waals surface area contributed by atoms with Gasteiger partial charge in [0.25, 0.3) is 0 Å². The lowest BCUT2D eigenvalue weighted by molar-refractivity contribution is 0.162. The number of methoxy groups -OCH3 is 1. The van der Waals surface area contributed by atoms with Gasteiger partial charge < -0.3 is 9.84 Å². The molecule has 1 N–H and O–H groups in total. The van der Waals surface area contributed by atoms with E-state index in [9.17, 15) is 5.11 Å². The van der Waals surface area contributed by atoms with Crippen LogP contribution in [0.15, 0.2) is 36.5 Å². The van der Waals surface area contributed by atoms with Crippen LogP contribution < -0.4 is 4.74 Å². The Labute approximate surface area is 107 Å². The van der Waals surface area contributed by atoms with Crippen LogP contribution in [0.5, 0.6) is 5.75 Å². The Balaban J connectivity index is 2.22. The number of hydrogen-bond acceptors (Lipinski definition) is 3. The summed E-state index contributed by atoms with van der Waals surface area (Å²) in [6.07, 6.45) is 1.60. The van der Waals surface area contributed by atoms with Gasteiger partial charge >= 0.3 is 0 Å². The monoisotopic (exact) mass is 246 g/mol. The van der Waals surface area contributed by atoms with Crippen molar-refractivity contribution in [3.63, 3.8) is 0 Å². The van der Waals surface area contributed by atoms with Gasteiger partial charge in [0.15, 0.2) is 5.75 Å². The van der Waals surface area contributed by atoms with Crippen molar-refractivity contribution in [3.8, 4) is 5.75 Å². The highest BCUT2D eigenvalue weighted by Gasteiger charge is 2.19. The molecule has 1 atom stereocenters. The molecular formula is C14H18N2O2. The van der Waals surface area contributed by atoms with E-state index in [1.807, 2.05) is 37.3 Å². The molecule has 1 aromatic heterocycles. The summed E-state index contributed by atoms with van der Waals surface area (Å²) in [6, 6.07) is 9.91. The molecule has 0 saturated carbocycles. The molecule has 0 aliphatic heterocycles. The summed E-state index contributed by atoms with van der Waals surface area (Å²) in [4.78, 5) is 0. The van der Waals surface area contributed by atoms with E-state index >= 15 is 0 Å². The lowest BCUT2D eigenvalue weighted by atomic mass is 10.1. The number of nitrogens with zero attached hydrogens (tertiary/aromatic N) is 2. The fourth-order valence-electron chi connectivity index (χ4n) is 2.06. The number of ether oxygens (including phenoxy) is 1. The van der Waals surface area contributed by atoms with Crippen molar-refractivity contribution in [1.29, 1.82) is 0 Å². The van der Waals surface area contributed by atoms with E-state index in [0.29, 0.717) is 18.7 Å². The van der Waals surface area contributed by atoms with Gasteiger partial charge in [0, 0.05) is 13.0 Å². The van der Waals surface area contributed by atoms with Gasteiger partial charge in [-0.1, -0.05) is 30.3 Å². The van der Waals surface area contributed by atoms with Gasteiger partial charge in [0.1, 0.15) is 11.8 Å². The van der Waals surface area contributed by atoms with Crippen LogP contribution in [-0.4, -0.2) is 22.0 Å². The Morgan fingerprint density at radius 1 is 1.33 bits per heavy atom. The van der Waals surface area contributed by atoms with Crippen molar-refractivity contribution in [2.75, 3.05) is 7.11 Å². The molecule has 0 radical (unpaired) electrons. The van der Waals surface area contributed by atoms with E-state index in [1.165, 1.54) is 0 Å². The van der Waals surface area contributed by atoms with Crippen molar-refractivity contribution in [2.24, 2.45) is 0 Å². The van der Waals surface area contributed by atoms with Crippen molar-refractivity contribution >= 4 is 0 Å². The minimum atomic E-state index is -0.607. The summed E-state index contributed by atoms with van der Waals surface area (Å²) in [6.45, 7) is 2.70. The Bertz CT molecular complexity index is 472. The second kappa shape index (κ2) is 5.69. The van der Waals surface area contributed by atoms with Gasteiger partial charge in [0.2, 0.25) is 0 Å². The van der Waals surface area contributed by atoms with E-state index in [0.717, 1.165) is 11.3 Å². The number of hydrogen-bond donors (Lipinski definition) is 1. The molecule has 4 nitrogen and oxygen atoms in total. The van der Waals surface area contributed by atoms with E-state index < -0.39 is 6.10 Å². The van der Waals surface area contributed by atoms with Crippen molar-refractivity contribution < 1.29 is 9.84 Å². The standard InChI is InChI=1S/C14H18N2O2/c1-3-16-14(13(18-2)10-15-16)12(17)9-11-7-5-4-6-8-11/h4-8,10,12,17H,3,9H2,1-2H3. The number of aryl methyl sites for hydroxylation is 1. The van der Waals surface area contributed by atoms with Crippen molar-refractivity contribution in [1.82, 2.24) is 9.78 Å². The molecule has 2 rings (SSSR count). The summed E-state index contributed by atoms with van der Waals surface area (Å²) in [5, 5.41) is 14.5. The highest BCUT2D eigenvalue weighted by molar-refractivity contribution is 5.29. The molecule has 1 heterocycles. The molecule has 0 bridgehead atoms. The van der Waals surface area contributed by atoms with Crippen molar-refractivity contribution in [2.45, 2.75) is 26.0 Å².